The maximum Gasteiger partial charge on any atom is 0.255 e. The van der Waals surface area contributed by atoms with E-state index in [4.69, 9.17) is 4.74 Å². The van der Waals surface area contributed by atoms with Crippen molar-refractivity contribution in [2.24, 2.45) is 0 Å². The van der Waals surface area contributed by atoms with Crippen molar-refractivity contribution < 1.29 is 9.53 Å². The first-order chi connectivity index (χ1) is 13.6. The number of methoxy groups -OCH3 is 1. The molecule has 1 aromatic heterocycles. The Bertz CT molecular complexity index is 770. The topological polar surface area (TPSA) is 48.9 Å². The van der Waals surface area contributed by atoms with Gasteiger partial charge < -0.3 is 19.4 Å². The number of carbonyl (C=O) groups excluding carboxylic acids is 1. The van der Waals surface area contributed by atoms with E-state index in [-0.39, 0.29) is 5.91 Å². The average molecular weight is 383 g/mol. The van der Waals surface area contributed by atoms with E-state index < -0.39 is 0 Å². The summed E-state index contributed by atoms with van der Waals surface area (Å²) in [4.78, 5) is 23.4. The minimum absolute atomic E-state index is 0.0356. The molecule has 0 radical (unpaired) electrons. The SMILES string of the molecule is CCCCN(C)C(=O)c1ccc(N2CCN(c3ccccc3OC)CC2)nc1. The monoisotopic (exact) mass is 382 g/mol. The van der Waals surface area contributed by atoms with Crippen LogP contribution in [0.15, 0.2) is 42.6 Å². The van der Waals surface area contributed by atoms with Crippen molar-refractivity contribution >= 4 is 17.4 Å². The lowest BCUT2D eigenvalue weighted by atomic mass is 10.2. The van der Waals surface area contributed by atoms with Crippen molar-refractivity contribution in [2.45, 2.75) is 19.8 Å². The minimum Gasteiger partial charge on any atom is -0.495 e. The molecule has 0 aliphatic carbocycles. The number of pyridine rings is 1. The number of ether oxygens (including phenoxy) is 1. The summed E-state index contributed by atoms with van der Waals surface area (Å²) in [5.41, 5.74) is 1.78. The highest BCUT2D eigenvalue weighted by Gasteiger charge is 2.21. The van der Waals surface area contributed by atoms with Crippen molar-refractivity contribution in [1.82, 2.24) is 9.88 Å². The molecule has 3 rings (SSSR count). The molecule has 0 bridgehead atoms. The van der Waals surface area contributed by atoms with Crippen molar-refractivity contribution in [3.05, 3.63) is 48.2 Å². The van der Waals surface area contributed by atoms with Crippen LogP contribution in [-0.2, 0) is 0 Å². The minimum atomic E-state index is 0.0356. The third-order valence-corrected chi connectivity index (χ3v) is 5.22. The number of para-hydroxylation sites is 2. The Hall–Kier alpha value is -2.76. The zero-order valence-electron chi connectivity index (χ0n) is 17.1. The zero-order valence-corrected chi connectivity index (χ0v) is 17.1. The molecule has 28 heavy (non-hydrogen) atoms. The van der Waals surface area contributed by atoms with Crippen molar-refractivity contribution in [3.63, 3.8) is 0 Å². The summed E-state index contributed by atoms with van der Waals surface area (Å²) < 4.78 is 5.49. The Morgan fingerprint density at radius 3 is 2.46 bits per heavy atom. The van der Waals surface area contributed by atoms with E-state index in [1.807, 2.05) is 37.4 Å². The van der Waals surface area contributed by atoms with Crippen LogP contribution in [0.4, 0.5) is 11.5 Å². The number of piperazine rings is 1. The molecule has 1 fully saturated rings. The van der Waals surface area contributed by atoms with Crippen molar-refractivity contribution in [3.8, 4) is 5.75 Å². The van der Waals surface area contributed by atoms with Crippen LogP contribution in [0.2, 0.25) is 0 Å². The number of aromatic nitrogens is 1. The summed E-state index contributed by atoms with van der Waals surface area (Å²) in [5.74, 6) is 1.87. The zero-order chi connectivity index (χ0) is 19.9. The summed E-state index contributed by atoms with van der Waals surface area (Å²) >= 11 is 0. The summed E-state index contributed by atoms with van der Waals surface area (Å²) in [5, 5.41) is 0. The van der Waals surface area contributed by atoms with Gasteiger partial charge in [0, 0.05) is 46.0 Å². The second kappa shape index (κ2) is 9.44. The predicted octanol–water partition coefficient (Wildman–Crippen LogP) is 3.29. The van der Waals surface area contributed by atoms with E-state index >= 15 is 0 Å². The van der Waals surface area contributed by atoms with Gasteiger partial charge in [-0.05, 0) is 30.7 Å². The van der Waals surface area contributed by atoms with Gasteiger partial charge in [-0.25, -0.2) is 4.98 Å². The highest BCUT2D eigenvalue weighted by molar-refractivity contribution is 5.93. The van der Waals surface area contributed by atoms with Gasteiger partial charge >= 0.3 is 0 Å². The first-order valence-corrected chi connectivity index (χ1v) is 9.98. The fraction of sp³-hybridized carbons (Fsp3) is 0.455. The van der Waals surface area contributed by atoms with Gasteiger partial charge in [0.15, 0.2) is 0 Å². The van der Waals surface area contributed by atoms with Crippen LogP contribution in [-0.4, -0.2) is 62.7 Å². The molecular weight excluding hydrogens is 352 g/mol. The average Bonchev–Trinajstić information content (AvgIpc) is 2.77. The lowest BCUT2D eigenvalue weighted by Gasteiger charge is -2.37. The van der Waals surface area contributed by atoms with E-state index in [0.717, 1.165) is 62.8 Å². The molecule has 0 N–H and O–H groups in total. The Morgan fingerprint density at radius 1 is 1.11 bits per heavy atom. The summed E-state index contributed by atoms with van der Waals surface area (Å²) in [6.45, 7) is 6.48. The Balaban J connectivity index is 1.59. The summed E-state index contributed by atoms with van der Waals surface area (Å²) in [6.07, 6.45) is 3.80. The molecule has 1 aromatic carbocycles. The normalized spacial score (nSPS) is 14.1. The van der Waals surface area contributed by atoms with E-state index in [0.29, 0.717) is 5.56 Å². The number of benzene rings is 1. The second-order valence-electron chi connectivity index (χ2n) is 7.13. The third-order valence-electron chi connectivity index (χ3n) is 5.22. The van der Waals surface area contributed by atoms with Crippen LogP contribution in [0.25, 0.3) is 0 Å². The lowest BCUT2D eigenvalue weighted by Crippen LogP contribution is -2.47. The molecule has 1 amide bonds. The van der Waals surface area contributed by atoms with Gasteiger partial charge in [0.1, 0.15) is 11.6 Å². The molecule has 6 heteroatoms. The first-order valence-electron chi connectivity index (χ1n) is 9.98. The number of unbranched alkanes of at least 4 members (excludes halogenated alkanes) is 1. The number of anilines is 2. The second-order valence-corrected chi connectivity index (χ2v) is 7.13. The first kappa shape index (κ1) is 20.0. The largest absolute Gasteiger partial charge is 0.495 e. The highest BCUT2D eigenvalue weighted by atomic mass is 16.5. The van der Waals surface area contributed by atoms with Crippen molar-refractivity contribution in [2.75, 3.05) is 56.7 Å². The molecule has 150 valence electrons. The van der Waals surface area contributed by atoms with E-state index in [1.54, 1.807) is 18.2 Å². The van der Waals surface area contributed by atoms with Crippen molar-refractivity contribution in [1.29, 1.82) is 0 Å². The van der Waals surface area contributed by atoms with Gasteiger partial charge in [0.25, 0.3) is 5.91 Å². The molecule has 0 unspecified atom stereocenters. The van der Waals surface area contributed by atoms with Crippen LogP contribution in [0.1, 0.15) is 30.1 Å². The molecule has 0 atom stereocenters. The quantitative estimate of drug-likeness (QED) is 0.735. The fourth-order valence-corrected chi connectivity index (χ4v) is 3.48. The maximum atomic E-state index is 12.5. The Labute approximate surface area is 167 Å². The smallest absolute Gasteiger partial charge is 0.255 e. The van der Waals surface area contributed by atoms with E-state index in [2.05, 4.69) is 27.8 Å². The molecule has 1 saturated heterocycles. The number of hydrogen-bond acceptors (Lipinski definition) is 5. The van der Waals surface area contributed by atoms with Crippen LogP contribution in [0, 0.1) is 0 Å². The van der Waals surface area contributed by atoms with E-state index in [1.165, 1.54) is 0 Å². The van der Waals surface area contributed by atoms with Gasteiger partial charge in [-0.3, -0.25) is 4.79 Å². The van der Waals surface area contributed by atoms with Crippen LogP contribution >= 0.6 is 0 Å². The fourth-order valence-electron chi connectivity index (χ4n) is 3.48. The van der Waals surface area contributed by atoms with Crippen LogP contribution in [0.5, 0.6) is 5.75 Å². The maximum absolute atomic E-state index is 12.5. The van der Waals surface area contributed by atoms with E-state index in [9.17, 15) is 4.79 Å². The van der Waals surface area contributed by atoms with Crippen LogP contribution < -0.4 is 14.5 Å². The van der Waals surface area contributed by atoms with Gasteiger partial charge in [-0.2, -0.15) is 0 Å². The third kappa shape index (κ3) is 4.55. The Morgan fingerprint density at radius 2 is 1.82 bits per heavy atom. The number of carbonyl (C=O) groups is 1. The molecule has 0 spiro atoms. The van der Waals surface area contributed by atoms with Gasteiger partial charge in [0.2, 0.25) is 0 Å². The number of nitrogens with zero attached hydrogens (tertiary/aromatic N) is 4. The molecule has 1 aliphatic rings. The lowest BCUT2D eigenvalue weighted by molar-refractivity contribution is 0.0793. The molecule has 1 aliphatic heterocycles. The molecule has 0 saturated carbocycles. The van der Waals surface area contributed by atoms with Gasteiger partial charge in [-0.1, -0.05) is 25.5 Å². The summed E-state index contributed by atoms with van der Waals surface area (Å²) in [7, 11) is 3.56. The summed E-state index contributed by atoms with van der Waals surface area (Å²) in [6, 6.07) is 12.0. The molecular formula is C22H30N4O2. The molecule has 2 heterocycles. The molecule has 2 aromatic rings. The van der Waals surface area contributed by atoms with Gasteiger partial charge in [-0.15, -0.1) is 0 Å². The number of amides is 1. The standard InChI is InChI=1S/C22H30N4O2/c1-4-5-12-24(2)22(27)18-10-11-21(23-17-18)26-15-13-25(14-16-26)19-8-6-7-9-20(19)28-3/h6-11,17H,4-5,12-16H2,1-3H3. The van der Waals surface area contributed by atoms with Gasteiger partial charge in [0.05, 0.1) is 18.4 Å². The number of rotatable bonds is 7. The van der Waals surface area contributed by atoms with Crippen LogP contribution in [0.3, 0.4) is 0 Å². The predicted molar refractivity (Wildman–Crippen MR) is 114 cm³/mol. The highest BCUT2D eigenvalue weighted by Crippen LogP contribution is 2.29. The number of hydrogen-bond donors (Lipinski definition) is 0. The molecule has 6 nitrogen and oxygen atoms in total. The Kier molecular flexibility index (Phi) is 6.74.